The zero-order valence-electron chi connectivity index (χ0n) is 13.2. The Morgan fingerprint density at radius 2 is 2.12 bits per heavy atom. The van der Waals surface area contributed by atoms with Crippen molar-refractivity contribution in [3.05, 3.63) is 75.3 Å². The fourth-order valence-electron chi connectivity index (χ4n) is 2.57. The van der Waals surface area contributed by atoms with Crippen LogP contribution in [-0.2, 0) is 5.75 Å². The van der Waals surface area contributed by atoms with Crippen molar-refractivity contribution in [1.82, 2.24) is 19.7 Å². The number of hydrogen-bond donors (Lipinski definition) is 2. The van der Waals surface area contributed by atoms with E-state index in [9.17, 15) is 14.7 Å². The second kappa shape index (κ2) is 6.52. The number of nitrogens with zero attached hydrogens (tertiary/aromatic N) is 3. The normalized spacial score (nSPS) is 11.1. The smallest absolute Gasteiger partial charge is 0.348 e. The van der Waals surface area contributed by atoms with Gasteiger partial charge in [-0.05, 0) is 29.8 Å². The average molecular weight is 368 g/mol. The van der Waals surface area contributed by atoms with Crippen LogP contribution in [-0.4, -0.2) is 24.9 Å². The van der Waals surface area contributed by atoms with Gasteiger partial charge in [-0.15, -0.1) is 5.10 Å². The number of aromatic hydroxyl groups is 1. The van der Waals surface area contributed by atoms with Gasteiger partial charge in [-0.3, -0.25) is 4.98 Å². The first kappa shape index (κ1) is 16.2. The maximum absolute atomic E-state index is 12.1. The molecule has 26 heavy (non-hydrogen) atoms. The molecule has 0 saturated heterocycles. The van der Waals surface area contributed by atoms with Gasteiger partial charge in [0.05, 0.1) is 11.9 Å². The van der Waals surface area contributed by atoms with Crippen molar-refractivity contribution in [2.45, 2.75) is 10.9 Å². The summed E-state index contributed by atoms with van der Waals surface area (Å²) in [6.45, 7) is 0. The molecule has 4 rings (SSSR count). The van der Waals surface area contributed by atoms with E-state index in [0.29, 0.717) is 27.6 Å². The van der Waals surface area contributed by atoms with Gasteiger partial charge in [-0.2, -0.15) is 0 Å². The molecular formula is C17H12N4O4S. The number of rotatable bonds is 4. The largest absolute Gasteiger partial charge is 0.508 e. The third kappa shape index (κ3) is 3.00. The summed E-state index contributed by atoms with van der Waals surface area (Å²) < 4.78 is 6.54. The average Bonchev–Trinajstić information content (AvgIpc) is 3.00. The Bertz CT molecular complexity index is 1200. The Morgan fingerprint density at radius 1 is 1.23 bits per heavy atom. The molecule has 0 saturated carbocycles. The molecule has 1 aromatic carbocycles. The number of fused-ring (bicyclic) bond motifs is 1. The van der Waals surface area contributed by atoms with Gasteiger partial charge in [0, 0.05) is 29.5 Å². The molecule has 3 heterocycles. The van der Waals surface area contributed by atoms with Crippen molar-refractivity contribution in [2.75, 3.05) is 0 Å². The molecule has 0 aliphatic carbocycles. The number of aromatic amines is 1. The Balaban J connectivity index is 1.70. The van der Waals surface area contributed by atoms with Crippen LogP contribution in [0.5, 0.6) is 5.75 Å². The SMILES string of the molecule is O=c1cc(CSc2n[nH]c(=O)n2-c2cccnc2)c2ccc(O)cc2o1. The number of phenolic OH excluding ortho intramolecular Hbond substituents is 1. The third-order valence-corrected chi connectivity index (χ3v) is 4.70. The van der Waals surface area contributed by atoms with Gasteiger partial charge in [0.25, 0.3) is 0 Å². The monoisotopic (exact) mass is 368 g/mol. The van der Waals surface area contributed by atoms with Crippen LogP contribution in [0.25, 0.3) is 16.7 Å². The number of nitrogens with one attached hydrogen (secondary N) is 1. The molecule has 0 bridgehead atoms. The standard InChI is InChI=1S/C17H12N4O4S/c22-12-3-4-13-10(6-15(23)25-14(13)7-12)9-26-17-20-19-16(24)21(17)11-2-1-5-18-8-11/h1-8,22H,9H2,(H,19,24). The molecule has 0 aliphatic heterocycles. The van der Waals surface area contributed by atoms with Crippen molar-refractivity contribution >= 4 is 22.7 Å². The Hall–Kier alpha value is -3.33. The van der Waals surface area contributed by atoms with Crippen LogP contribution in [0.1, 0.15) is 5.56 Å². The molecule has 0 atom stereocenters. The highest BCUT2D eigenvalue weighted by Crippen LogP contribution is 2.27. The lowest BCUT2D eigenvalue weighted by Crippen LogP contribution is -2.15. The number of hydrogen-bond acceptors (Lipinski definition) is 7. The van der Waals surface area contributed by atoms with Crippen LogP contribution in [0.3, 0.4) is 0 Å². The topological polar surface area (TPSA) is 114 Å². The number of phenols is 1. The molecule has 0 unspecified atom stereocenters. The van der Waals surface area contributed by atoms with Gasteiger partial charge in [0.15, 0.2) is 5.16 Å². The Kier molecular flexibility index (Phi) is 4.05. The van der Waals surface area contributed by atoms with Crippen molar-refractivity contribution in [3.63, 3.8) is 0 Å². The minimum absolute atomic E-state index is 0.0168. The van der Waals surface area contributed by atoms with Gasteiger partial charge >= 0.3 is 11.3 Å². The third-order valence-electron chi connectivity index (χ3n) is 3.72. The van der Waals surface area contributed by atoms with Crippen LogP contribution < -0.4 is 11.3 Å². The van der Waals surface area contributed by atoms with Gasteiger partial charge in [0.2, 0.25) is 0 Å². The van der Waals surface area contributed by atoms with Crippen molar-refractivity contribution < 1.29 is 9.52 Å². The van der Waals surface area contributed by atoms with E-state index in [1.807, 2.05) is 0 Å². The summed E-state index contributed by atoms with van der Waals surface area (Å²) in [7, 11) is 0. The van der Waals surface area contributed by atoms with Gasteiger partial charge < -0.3 is 9.52 Å². The van der Waals surface area contributed by atoms with Crippen molar-refractivity contribution in [1.29, 1.82) is 0 Å². The van der Waals surface area contributed by atoms with E-state index in [-0.39, 0.29) is 11.4 Å². The maximum atomic E-state index is 12.1. The molecule has 4 aromatic rings. The van der Waals surface area contributed by atoms with Crippen LogP contribution in [0.4, 0.5) is 0 Å². The number of thioether (sulfide) groups is 1. The Morgan fingerprint density at radius 3 is 2.92 bits per heavy atom. The van der Waals surface area contributed by atoms with Gasteiger partial charge in [-0.25, -0.2) is 19.3 Å². The lowest BCUT2D eigenvalue weighted by molar-refractivity contribution is 0.473. The van der Waals surface area contributed by atoms with Crippen molar-refractivity contribution in [3.8, 4) is 11.4 Å². The fourth-order valence-corrected chi connectivity index (χ4v) is 3.52. The van der Waals surface area contributed by atoms with E-state index < -0.39 is 5.63 Å². The summed E-state index contributed by atoms with van der Waals surface area (Å²) in [6.07, 6.45) is 3.18. The molecular weight excluding hydrogens is 356 g/mol. The predicted octanol–water partition coefficient (Wildman–Crippen LogP) is 2.06. The predicted molar refractivity (Wildman–Crippen MR) is 95.7 cm³/mol. The second-order valence-electron chi connectivity index (χ2n) is 5.42. The van der Waals surface area contributed by atoms with E-state index in [1.54, 1.807) is 30.6 Å². The molecule has 0 fully saturated rings. The van der Waals surface area contributed by atoms with E-state index in [2.05, 4.69) is 15.2 Å². The molecule has 0 aliphatic rings. The number of H-pyrrole nitrogens is 1. The first-order valence-corrected chi connectivity index (χ1v) is 8.57. The first-order chi connectivity index (χ1) is 12.6. The first-order valence-electron chi connectivity index (χ1n) is 7.58. The zero-order chi connectivity index (χ0) is 18.1. The highest BCUT2D eigenvalue weighted by Gasteiger charge is 2.13. The molecule has 0 spiro atoms. The van der Waals surface area contributed by atoms with Crippen LogP contribution >= 0.6 is 11.8 Å². The summed E-state index contributed by atoms with van der Waals surface area (Å²) in [6, 6.07) is 9.48. The summed E-state index contributed by atoms with van der Waals surface area (Å²) in [5, 5.41) is 17.2. The van der Waals surface area contributed by atoms with E-state index in [4.69, 9.17) is 4.42 Å². The summed E-state index contributed by atoms with van der Waals surface area (Å²) >= 11 is 1.29. The highest BCUT2D eigenvalue weighted by atomic mass is 32.2. The van der Waals surface area contributed by atoms with Gasteiger partial charge in [-0.1, -0.05) is 11.8 Å². The zero-order valence-corrected chi connectivity index (χ0v) is 14.1. The minimum Gasteiger partial charge on any atom is -0.508 e. The van der Waals surface area contributed by atoms with Crippen LogP contribution in [0, 0.1) is 0 Å². The lowest BCUT2D eigenvalue weighted by atomic mass is 10.1. The summed E-state index contributed by atoms with van der Waals surface area (Å²) in [4.78, 5) is 27.9. The second-order valence-corrected chi connectivity index (χ2v) is 6.36. The summed E-state index contributed by atoms with van der Waals surface area (Å²) in [5.74, 6) is 0.403. The van der Waals surface area contributed by atoms with E-state index >= 15 is 0 Å². The van der Waals surface area contributed by atoms with Gasteiger partial charge in [0.1, 0.15) is 11.3 Å². The van der Waals surface area contributed by atoms with E-state index in [0.717, 1.165) is 5.56 Å². The fraction of sp³-hybridized carbons (Fsp3) is 0.0588. The molecule has 0 radical (unpaired) electrons. The quantitative estimate of drug-likeness (QED) is 0.418. The van der Waals surface area contributed by atoms with Crippen molar-refractivity contribution in [2.24, 2.45) is 0 Å². The lowest BCUT2D eigenvalue weighted by Gasteiger charge is -2.07. The van der Waals surface area contributed by atoms with Crippen LogP contribution in [0.15, 0.2) is 68.0 Å². The number of pyridine rings is 1. The summed E-state index contributed by atoms with van der Waals surface area (Å²) in [5.41, 5.74) is 0.735. The minimum atomic E-state index is -0.509. The van der Waals surface area contributed by atoms with Crippen LogP contribution in [0.2, 0.25) is 0 Å². The molecule has 8 nitrogen and oxygen atoms in total. The molecule has 3 aromatic heterocycles. The maximum Gasteiger partial charge on any atom is 0.348 e. The number of benzene rings is 1. The molecule has 9 heteroatoms. The molecule has 130 valence electrons. The number of aromatic nitrogens is 4. The molecule has 0 amide bonds. The van der Waals surface area contributed by atoms with E-state index in [1.165, 1.54) is 34.5 Å². The Labute approximate surface area is 150 Å². The highest BCUT2D eigenvalue weighted by molar-refractivity contribution is 7.98. The molecule has 2 N–H and O–H groups in total.